The molecule has 0 saturated carbocycles. The average Bonchev–Trinajstić information content (AvgIpc) is 2.60. The van der Waals surface area contributed by atoms with Crippen molar-refractivity contribution in [3.05, 3.63) is 23.8 Å². The lowest BCUT2D eigenvalue weighted by molar-refractivity contribution is 0.296. The Morgan fingerprint density at radius 1 is 1.33 bits per heavy atom. The smallest absolute Gasteiger partial charge is 0.126 e. The fourth-order valence-electron chi connectivity index (χ4n) is 2.73. The molecule has 1 fully saturated rings. The molecule has 2 heterocycles. The first kappa shape index (κ1) is 9.04. The quantitative estimate of drug-likeness (QED) is 0.674. The van der Waals surface area contributed by atoms with Crippen LogP contribution in [0.2, 0.25) is 0 Å². The molecule has 1 saturated heterocycles. The molecule has 2 aliphatic heterocycles. The Labute approximate surface area is 89.1 Å². The Morgan fingerprint density at radius 3 is 3.20 bits per heavy atom. The van der Waals surface area contributed by atoms with Gasteiger partial charge in [-0.2, -0.15) is 0 Å². The maximum absolute atomic E-state index is 9.92. The minimum Gasteiger partial charge on any atom is -0.508 e. The highest BCUT2D eigenvalue weighted by Gasteiger charge is 2.34. The Balaban J connectivity index is 2.10. The molecule has 1 aromatic carbocycles. The van der Waals surface area contributed by atoms with Gasteiger partial charge in [0.2, 0.25) is 0 Å². The van der Waals surface area contributed by atoms with Crippen molar-refractivity contribution in [3.8, 4) is 11.5 Å². The van der Waals surface area contributed by atoms with Crippen LogP contribution in [0.4, 0.5) is 0 Å². The molecule has 0 bridgehead atoms. The first-order valence-electron chi connectivity index (χ1n) is 5.51. The van der Waals surface area contributed by atoms with Crippen LogP contribution in [0.1, 0.15) is 17.9 Å². The van der Waals surface area contributed by atoms with E-state index in [4.69, 9.17) is 4.74 Å². The molecular formula is C12H15NO2. The lowest BCUT2D eigenvalue weighted by Crippen LogP contribution is -2.11. The second-order valence-corrected chi connectivity index (χ2v) is 4.35. The summed E-state index contributed by atoms with van der Waals surface area (Å²) in [5, 5.41) is 13.3. The number of hydrogen-bond acceptors (Lipinski definition) is 3. The first-order chi connectivity index (χ1) is 7.36. The standard InChI is InChI=1S/C12H15NO2/c14-10-2-1-3-11-12(10)9-7-13-6-8(9)4-5-15-11/h1-3,8-9,13-14H,4-7H2/t8-,9-/m1/s1. The fraction of sp³-hybridized carbons (Fsp3) is 0.500. The van der Waals surface area contributed by atoms with Crippen LogP contribution in [0.15, 0.2) is 18.2 Å². The topological polar surface area (TPSA) is 41.5 Å². The van der Waals surface area contributed by atoms with E-state index in [2.05, 4.69) is 5.32 Å². The van der Waals surface area contributed by atoms with Gasteiger partial charge in [0.15, 0.2) is 0 Å². The van der Waals surface area contributed by atoms with E-state index in [1.807, 2.05) is 12.1 Å². The monoisotopic (exact) mass is 205 g/mol. The Hall–Kier alpha value is -1.22. The number of phenols is 1. The van der Waals surface area contributed by atoms with Crippen LogP contribution in [0, 0.1) is 5.92 Å². The lowest BCUT2D eigenvalue weighted by atomic mass is 9.87. The first-order valence-corrected chi connectivity index (χ1v) is 5.51. The van der Waals surface area contributed by atoms with E-state index in [1.165, 1.54) is 0 Å². The second kappa shape index (κ2) is 3.42. The van der Waals surface area contributed by atoms with Crippen LogP contribution < -0.4 is 10.1 Å². The van der Waals surface area contributed by atoms with E-state index in [0.717, 1.165) is 37.4 Å². The molecule has 3 rings (SSSR count). The summed E-state index contributed by atoms with van der Waals surface area (Å²) < 4.78 is 5.68. The van der Waals surface area contributed by atoms with E-state index in [1.54, 1.807) is 6.07 Å². The number of phenolic OH excluding ortho intramolecular Hbond substituents is 1. The molecule has 2 atom stereocenters. The van der Waals surface area contributed by atoms with Crippen molar-refractivity contribution in [2.24, 2.45) is 5.92 Å². The number of aromatic hydroxyl groups is 1. The SMILES string of the molecule is Oc1cccc2c1[C@@H]1CNC[C@H]1CCO2. The predicted octanol–water partition coefficient (Wildman–Crippen LogP) is 1.48. The molecular weight excluding hydrogens is 190 g/mol. The summed E-state index contributed by atoms with van der Waals surface area (Å²) in [6, 6.07) is 5.55. The molecule has 0 amide bonds. The summed E-state index contributed by atoms with van der Waals surface area (Å²) in [4.78, 5) is 0. The molecule has 0 spiro atoms. The van der Waals surface area contributed by atoms with E-state index in [-0.39, 0.29) is 0 Å². The van der Waals surface area contributed by atoms with Gasteiger partial charge in [-0.25, -0.2) is 0 Å². The Bertz CT molecular complexity index is 378. The molecule has 0 aromatic heterocycles. The van der Waals surface area contributed by atoms with Gasteiger partial charge in [-0.15, -0.1) is 0 Å². The maximum atomic E-state index is 9.92. The van der Waals surface area contributed by atoms with Crippen molar-refractivity contribution in [2.45, 2.75) is 12.3 Å². The molecule has 15 heavy (non-hydrogen) atoms. The third-order valence-electron chi connectivity index (χ3n) is 3.50. The second-order valence-electron chi connectivity index (χ2n) is 4.35. The van der Waals surface area contributed by atoms with Crippen LogP contribution in [0.5, 0.6) is 11.5 Å². The van der Waals surface area contributed by atoms with Gasteiger partial charge in [-0.05, 0) is 31.0 Å². The number of hydrogen-bond donors (Lipinski definition) is 2. The van der Waals surface area contributed by atoms with Crippen LogP contribution >= 0.6 is 0 Å². The van der Waals surface area contributed by atoms with E-state index < -0.39 is 0 Å². The normalized spacial score (nSPS) is 28.8. The summed E-state index contributed by atoms with van der Waals surface area (Å²) in [6.45, 7) is 2.76. The van der Waals surface area contributed by atoms with Crippen LogP contribution in [0.25, 0.3) is 0 Å². The van der Waals surface area contributed by atoms with Gasteiger partial charge in [0.05, 0.1) is 6.61 Å². The number of benzene rings is 1. The van der Waals surface area contributed by atoms with Crippen molar-refractivity contribution in [2.75, 3.05) is 19.7 Å². The van der Waals surface area contributed by atoms with Gasteiger partial charge < -0.3 is 15.2 Å². The minimum atomic E-state index is 0.383. The summed E-state index contributed by atoms with van der Waals surface area (Å²) in [5.74, 6) is 2.28. The molecule has 2 aliphatic rings. The summed E-state index contributed by atoms with van der Waals surface area (Å²) >= 11 is 0. The van der Waals surface area contributed by atoms with Crippen LogP contribution in [0.3, 0.4) is 0 Å². The molecule has 3 nitrogen and oxygen atoms in total. The van der Waals surface area contributed by atoms with Crippen molar-refractivity contribution < 1.29 is 9.84 Å². The Kier molecular flexibility index (Phi) is 2.06. The van der Waals surface area contributed by atoms with Crippen LogP contribution in [-0.4, -0.2) is 24.8 Å². The maximum Gasteiger partial charge on any atom is 0.126 e. The average molecular weight is 205 g/mol. The number of rotatable bonds is 0. The predicted molar refractivity (Wildman–Crippen MR) is 57.3 cm³/mol. The largest absolute Gasteiger partial charge is 0.508 e. The van der Waals surface area contributed by atoms with E-state index in [9.17, 15) is 5.11 Å². The molecule has 3 heteroatoms. The zero-order valence-electron chi connectivity index (χ0n) is 8.57. The number of fused-ring (bicyclic) bond motifs is 3. The molecule has 80 valence electrons. The van der Waals surface area contributed by atoms with E-state index in [0.29, 0.717) is 17.6 Å². The minimum absolute atomic E-state index is 0.383. The highest BCUT2D eigenvalue weighted by Crippen LogP contribution is 2.43. The third kappa shape index (κ3) is 1.38. The number of nitrogens with one attached hydrogen (secondary N) is 1. The zero-order chi connectivity index (χ0) is 10.3. The molecule has 1 aromatic rings. The Morgan fingerprint density at radius 2 is 2.27 bits per heavy atom. The number of ether oxygens (including phenoxy) is 1. The van der Waals surface area contributed by atoms with Gasteiger partial charge in [-0.1, -0.05) is 6.07 Å². The highest BCUT2D eigenvalue weighted by atomic mass is 16.5. The van der Waals surface area contributed by atoms with Gasteiger partial charge in [0.25, 0.3) is 0 Å². The van der Waals surface area contributed by atoms with E-state index >= 15 is 0 Å². The lowest BCUT2D eigenvalue weighted by Gasteiger charge is -2.16. The highest BCUT2D eigenvalue weighted by molar-refractivity contribution is 5.47. The van der Waals surface area contributed by atoms with Crippen molar-refractivity contribution in [1.82, 2.24) is 5.32 Å². The molecule has 0 aliphatic carbocycles. The zero-order valence-corrected chi connectivity index (χ0v) is 8.57. The molecule has 0 radical (unpaired) electrons. The van der Waals surface area contributed by atoms with Gasteiger partial charge in [-0.3, -0.25) is 0 Å². The van der Waals surface area contributed by atoms with Gasteiger partial charge >= 0.3 is 0 Å². The van der Waals surface area contributed by atoms with Crippen molar-refractivity contribution in [3.63, 3.8) is 0 Å². The summed E-state index contributed by atoms with van der Waals surface area (Å²) in [5.41, 5.74) is 1.00. The van der Waals surface area contributed by atoms with Crippen molar-refractivity contribution in [1.29, 1.82) is 0 Å². The van der Waals surface area contributed by atoms with Gasteiger partial charge in [0.1, 0.15) is 11.5 Å². The summed E-state index contributed by atoms with van der Waals surface area (Å²) in [7, 11) is 0. The molecule has 2 N–H and O–H groups in total. The fourth-order valence-corrected chi connectivity index (χ4v) is 2.73. The van der Waals surface area contributed by atoms with Gasteiger partial charge in [0, 0.05) is 18.0 Å². The van der Waals surface area contributed by atoms with Crippen molar-refractivity contribution >= 4 is 0 Å². The third-order valence-corrected chi connectivity index (χ3v) is 3.50. The molecule has 0 unspecified atom stereocenters. The summed E-state index contributed by atoms with van der Waals surface area (Å²) in [6.07, 6.45) is 1.08. The van der Waals surface area contributed by atoms with Crippen LogP contribution in [-0.2, 0) is 0 Å².